The van der Waals surface area contributed by atoms with Gasteiger partial charge in [-0.25, -0.2) is 4.79 Å². The van der Waals surface area contributed by atoms with E-state index in [1.807, 2.05) is 31.2 Å². The molecule has 1 aliphatic carbocycles. The summed E-state index contributed by atoms with van der Waals surface area (Å²) in [5.74, 6) is -0.703. The lowest BCUT2D eigenvalue weighted by Gasteiger charge is -2.16. The van der Waals surface area contributed by atoms with Gasteiger partial charge in [-0.3, -0.25) is 9.78 Å². The molecule has 0 saturated carbocycles. The number of para-hydroxylation sites is 1. The average molecular weight is 326 g/mol. The number of esters is 1. The second kappa shape index (κ2) is 6.99. The molecular formula is C19H22N2O3. The maximum absolute atomic E-state index is 12.8. The molecule has 0 spiro atoms. The van der Waals surface area contributed by atoms with Crippen LogP contribution < -0.4 is 5.32 Å². The van der Waals surface area contributed by atoms with E-state index in [0.29, 0.717) is 12.1 Å². The van der Waals surface area contributed by atoms with Crippen molar-refractivity contribution in [3.8, 4) is 0 Å². The molecule has 0 unspecified atom stereocenters. The fourth-order valence-electron chi connectivity index (χ4n) is 3.11. The summed E-state index contributed by atoms with van der Waals surface area (Å²) in [6.07, 6.45) is 2.73. The Hall–Kier alpha value is -2.43. The number of nitrogens with one attached hydrogen (secondary N) is 1. The first-order valence-electron chi connectivity index (χ1n) is 8.51. The van der Waals surface area contributed by atoms with Crippen molar-refractivity contribution in [3.63, 3.8) is 0 Å². The number of aryl methyl sites for hydroxylation is 1. The first-order chi connectivity index (χ1) is 11.6. The summed E-state index contributed by atoms with van der Waals surface area (Å²) in [5, 5.41) is 3.55. The summed E-state index contributed by atoms with van der Waals surface area (Å²) in [7, 11) is 0. The Balaban J connectivity index is 1.91. The maximum atomic E-state index is 12.8. The standard InChI is InChI=1S/C19H22N2O3/c1-3-11-20-18(22)12(2)24-19(23)17-13-7-4-5-9-15(13)21-16-10-6-8-14(16)17/h4-5,7,9,12H,3,6,8,10-11H2,1-2H3,(H,20,22)/t12-/m1/s1. The Morgan fingerprint density at radius 2 is 2.08 bits per heavy atom. The highest BCUT2D eigenvalue weighted by atomic mass is 16.5. The number of nitrogens with zero attached hydrogens (tertiary/aromatic N) is 1. The third kappa shape index (κ3) is 3.11. The zero-order chi connectivity index (χ0) is 17.1. The molecule has 5 heteroatoms. The van der Waals surface area contributed by atoms with Gasteiger partial charge in [0.25, 0.3) is 5.91 Å². The van der Waals surface area contributed by atoms with Gasteiger partial charge >= 0.3 is 5.97 Å². The van der Waals surface area contributed by atoms with Gasteiger partial charge in [-0.05, 0) is 44.2 Å². The van der Waals surface area contributed by atoms with Crippen molar-refractivity contribution < 1.29 is 14.3 Å². The van der Waals surface area contributed by atoms with Crippen LogP contribution in [0.3, 0.4) is 0 Å². The topological polar surface area (TPSA) is 68.3 Å². The molecule has 24 heavy (non-hydrogen) atoms. The third-order valence-electron chi connectivity index (χ3n) is 4.33. The van der Waals surface area contributed by atoms with Crippen molar-refractivity contribution in [1.29, 1.82) is 0 Å². The SMILES string of the molecule is CCCNC(=O)[C@@H](C)OC(=O)c1c2c(nc3ccccc13)CCC2. The quantitative estimate of drug-likeness (QED) is 0.858. The van der Waals surface area contributed by atoms with Crippen molar-refractivity contribution in [2.45, 2.75) is 45.6 Å². The number of amides is 1. The Morgan fingerprint density at radius 1 is 1.29 bits per heavy atom. The van der Waals surface area contributed by atoms with Crippen molar-refractivity contribution in [1.82, 2.24) is 10.3 Å². The highest BCUT2D eigenvalue weighted by Gasteiger charge is 2.27. The Bertz CT molecular complexity index is 786. The number of carbonyl (C=O) groups is 2. The molecule has 1 amide bonds. The monoisotopic (exact) mass is 326 g/mol. The van der Waals surface area contributed by atoms with Gasteiger partial charge in [0.2, 0.25) is 0 Å². The zero-order valence-corrected chi connectivity index (χ0v) is 14.1. The van der Waals surface area contributed by atoms with Crippen LogP contribution in [0.4, 0.5) is 0 Å². The predicted molar refractivity (Wildman–Crippen MR) is 91.9 cm³/mol. The molecule has 1 N–H and O–H groups in total. The van der Waals surface area contributed by atoms with Gasteiger partial charge in [0.1, 0.15) is 0 Å². The van der Waals surface area contributed by atoms with Crippen LogP contribution in [0.5, 0.6) is 0 Å². The van der Waals surface area contributed by atoms with Gasteiger partial charge in [0, 0.05) is 17.6 Å². The summed E-state index contributed by atoms with van der Waals surface area (Å²) in [6, 6.07) is 7.59. The van der Waals surface area contributed by atoms with Gasteiger partial charge in [0.05, 0.1) is 11.1 Å². The third-order valence-corrected chi connectivity index (χ3v) is 4.33. The molecule has 5 nitrogen and oxygen atoms in total. The predicted octanol–water partition coefficient (Wildman–Crippen LogP) is 2.80. The molecule has 1 aromatic heterocycles. The molecule has 126 valence electrons. The van der Waals surface area contributed by atoms with E-state index >= 15 is 0 Å². The molecule has 1 aliphatic rings. The van der Waals surface area contributed by atoms with E-state index in [0.717, 1.165) is 47.8 Å². The number of fused-ring (bicyclic) bond motifs is 2. The number of hydrogen-bond acceptors (Lipinski definition) is 4. The number of rotatable bonds is 5. The second-order valence-corrected chi connectivity index (χ2v) is 6.12. The lowest BCUT2D eigenvalue weighted by molar-refractivity contribution is -0.129. The van der Waals surface area contributed by atoms with E-state index < -0.39 is 12.1 Å². The molecule has 3 rings (SSSR count). The number of hydrogen-bond donors (Lipinski definition) is 1. The number of ether oxygens (including phenoxy) is 1. The highest BCUT2D eigenvalue weighted by molar-refractivity contribution is 6.05. The fourth-order valence-corrected chi connectivity index (χ4v) is 3.11. The van der Waals surface area contributed by atoms with Crippen LogP contribution >= 0.6 is 0 Å². The molecule has 1 aromatic carbocycles. The van der Waals surface area contributed by atoms with Crippen LogP contribution in [0.1, 0.15) is 48.3 Å². The summed E-state index contributed by atoms with van der Waals surface area (Å²) in [6.45, 7) is 4.16. The molecular weight excluding hydrogens is 304 g/mol. The minimum atomic E-state index is -0.812. The first kappa shape index (κ1) is 16.4. The van der Waals surface area contributed by atoms with Crippen LogP contribution in [-0.4, -0.2) is 29.5 Å². The number of aromatic nitrogens is 1. The van der Waals surface area contributed by atoms with E-state index in [1.165, 1.54) is 0 Å². The van der Waals surface area contributed by atoms with Crippen molar-refractivity contribution in [3.05, 3.63) is 41.1 Å². The van der Waals surface area contributed by atoms with Crippen molar-refractivity contribution >= 4 is 22.8 Å². The summed E-state index contributed by atoms with van der Waals surface area (Å²) < 4.78 is 5.45. The summed E-state index contributed by atoms with van der Waals surface area (Å²) >= 11 is 0. The molecule has 0 radical (unpaired) electrons. The van der Waals surface area contributed by atoms with Crippen molar-refractivity contribution in [2.24, 2.45) is 0 Å². The highest BCUT2D eigenvalue weighted by Crippen LogP contribution is 2.30. The molecule has 1 heterocycles. The van der Waals surface area contributed by atoms with E-state index in [-0.39, 0.29) is 5.91 Å². The second-order valence-electron chi connectivity index (χ2n) is 6.12. The molecule has 1 atom stereocenters. The lowest BCUT2D eigenvalue weighted by Crippen LogP contribution is -2.36. The maximum Gasteiger partial charge on any atom is 0.339 e. The van der Waals surface area contributed by atoms with Gasteiger partial charge < -0.3 is 10.1 Å². The first-order valence-corrected chi connectivity index (χ1v) is 8.51. The summed E-state index contributed by atoms with van der Waals surface area (Å²) in [5.41, 5.74) is 3.32. The van der Waals surface area contributed by atoms with E-state index in [9.17, 15) is 9.59 Å². The largest absolute Gasteiger partial charge is 0.449 e. The molecule has 0 fully saturated rings. The zero-order valence-electron chi connectivity index (χ0n) is 14.1. The number of carbonyl (C=O) groups excluding carboxylic acids is 2. The van der Waals surface area contributed by atoms with Gasteiger partial charge in [-0.15, -0.1) is 0 Å². The van der Waals surface area contributed by atoms with Crippen LogP contribution in [-0.2, 0) is 22.4 Å². The van der Waals surface area contributed by atoms with Crippen LogP contribution in [0, 0.1) is 0 Å². The molecule has 2 aromatic rings. The van der Waals surface area contributed by atoms with Crippen LogP contribution in [0.2, 0.25) is 0 Å². The smallest absolute Gasteiger partial charge is 0.339 e. The van der Waals surface area contributed by atoms with Gasteiger partial charge in [-0.2, -0.15) is 0 Å². The van der Waals surface area contributed by atoms with E-state index in [2.05, 4.69) is 10.3 Å². The Morgan fingerprint density at radius 3 is 2.88 bits per heavy atom. The molecule has 0 saturated heterocycles. The van der Waals surface area contributed by atoms with Gasteiger partial charge in [-0.1, -0.05) is 25.1 Å². The number of benzene rings is 1. The Kier molecular flexibility index (Phi) is 4.79. The molecule has 0 aliphatic heterocycles. The summed E-state index contributed by atoms with van der Waals surface area (Å²) in [4.78, 5) is 29.4. The van der Waals surface area contributed by atoms with E-state index in [4.69, 9.17) is 4.74 Å². The number of pyridine rings is 1. The van der Waals surface area contributed by atoms with Crippen LogP contribution in [0.15, 0.2) is 24.3 Å². The average Bonchev–Trinajstić information content (AvgIpc) is 3.04. The van der Waals surface area contributed by atoms with Crippen LogP contribution in [0.25, 0.3) is 10.9 Å². The van der Waals surface area contributed by atoms with Crippen molar-refractivity contribution in [2.75, 3.05) is 6.54 Å². The van der Waals surface area contributed by atoms with E-state index in [1.54, 1.807) is 6.92 Å². The Labute approximate surface area is 141 Å². The minimum Gasteiger partial charge on any atom is -0.449 e. The molecule has 0 bridgehead atoms. The van der Waals surface area contributed by atoms with Gasteiger partial charge in [0.15, 0.2) is 6.10 Å². The fraction of sp³-hybridized carbons (Fsp3) is 0.421. The normalized spacial score (nSPS) is 14.2. The lowest BCUT2D eigenvalue weighted by atomic mass is 10.0. The minimum absolute atomic E-state index is 0.264.